The van der Waals surface area contributed by atoms with Gasteiger partial charge in [-0.2, -0.15) is 0 Å². The summed E-state index contributed by atoms with van der Waals surface area (Å²) in [5, 5.41) is 20.8. The van der Waals surface area contributed by atoms with Crippen molar-refractivity contribution in [2.75, 3.05) is 13.6 Å². The lowest BCUT2D eigenvalue weighted by atomic mass is 9.96. The van der Waals surface area contributed by atoms with Gasteiger partial charge in [-0.25, -0.2) is 0 Å². The molecular weight excluding hydrogens is 180 g/mol. The molecule has 1 unspecified atom stereocenters. The maximum Gasteiger partial charge on any atom is 0.0855 e. The van der Waals surface area contributed by atoms with E-state index in [1.54, 1.807) is 4.68 Å². The standard InChI is InChI=1S/C9H18N4O/c1-9(14,4-5-10-2)6-8-7-13(3)12-11-8/h7,10,14H,4-6H2,1-3H3. The predicted octanol–water partition coefficient (Wildman–Crippen LogP) is -0.282. The molecule has 5 nitrogen and oxygen atoms in total. The molecule has 1 rings (SSSR count). The van der Waals surface area contributed by atoms with Crippen LogP contribution in [-0.2, 0) is 13.5 Å². The third-order valence-corrected chi connectivity index (χ3v) is 2.13. The summed E-state index contributed by atoms with van der Waals surface area (Å²) in [7, 11) is 3.69. The first kappa shape index (κ1) is 11.1. The minimum Gasteiger partial charge on any atom is -0.390 e. The third-order valence-electron chi connectivity index (χ3n) is 2.13. The minimum absolute atomic E-state index is 0.544. The van der Waals surface area contributed by atoms with Gasteiger partial charge in [0.1, 0.15) is 0 Å². The van der Waals surface area contributed by atoms with Crippen LogP contribution in [0.15, 0.2) is 6.20 Å². The lowest BCUT2D eigenvalue weighted by molar-refractivity contribution is 0.0510. The average molecular weight is 198 g/mol. The Morgan fingerprint density at radius 2 is 2.36 bits per heavy atom. The van der Waals surface area contributed by atoms with E-state index in [1.165, 1.54) is 0 Å². The van der Waals surface area contributed by atoms with Gasteiger partial charge < -0.3 is 10.4 Å². The van der Waals surface area contributed by atoms with Gasteiger partial charge in [0.05, 0.1) is 11.3 Å². The highest BCUT2D eigenvalue weighted by Gasteiger charge is 2.21. The topological polar surface area (TPSA) is 63.0 Å². The second kappa shape index (κ2) is 4.52. The maximum atomic E-state index is 9.99. The highest BCUT2D eigenvalue weighted by atomic mass is 16.3. The zero-order valence-corrected chi connectivity index (χ0v) is 8.99. The smallest absolute Gasteiger partial charge is 0.0855 e. The molecule has 0 fully saturated rings. The predicted molar refractivity (Wildman–Crippen MR) is 53.9 cm³/mol. The molecule has 1 aromatic rings. The molecule has 0 radical (unpaired) electrons. The molecule has 0 aliphatic heterocycles. The van der Waals surface area contributed by atoms with Crippen LogP contribution in [0.2, 0.25) is 0 Å². The lowest BCUT2D eigenvalue weighted by Gasteiger charge is -2.21. The number of aryl methyl sites for hydroxylation is 1. The van der Waals surface area contributed by atoms with Crippen molar-refractivity contribution in [3.8, 4) is 0 Å². The van der Waals surface area contributed by atoms with Crippen LogP contribution in [0.25, 0.3) is 0 Å². The Morgan fingerprint density at radius 1 is 1.64 bits per heavy atom. The van der Waals surface area contributed by atoms with Crippen molar-refractivity contribution in [3.63, 3.8) is 0 Å². The molecule has 14 heavy (non-hydrogen) atoms. The van der Waals surface area contributed by atoms with Crippen LogP contribution >= 0.6 is 0 Å². The van der Waals surface area contributed by atoms with Crippen LogP contribution < -0.4 is 5.32 Å². The van der Waals surface area contributed by atoms with Gasteiger partial charge >= 0.3 is 0 Å². The molecule has 0 saturated heterocycles. The van der Waals surface area contributed by atoms with E-state index < -0.39 is 5.60 Å². The first-order valence-electron chi connectivity index (χ1n) is 4.76. The van der Waals surface area contributed by atoms with Crippen molar-refractivity contribution >= 4 is 0 Å². The molecule has 0 aromatic carbocycles. The van der Waals surface area contributed by atoms with Gasteiger partial charge in [-0.1, -0.05) is 5.21 Å². The lowest BCUT2D eigenvalue weighted by Crippen LogP contribution is -2.31. The highest BCUT2D eigenvalue weighted by molar-refractivity contribution is 4.98. The molecule has 5 heteroatoms. The summed E-state index contributed by atoms with van der Waals surface area (Å²) in [6, 6.07) is 0. The van der Waals surface area contributed by atoms with E-state index in [0.717, 1.165) is 12.2 Å². The third kappa shape index (κ3) is 3.43. The molecule has 1 aromatic heterocycles. The van der Waals surface area contributed by atoms with E-state index in [2.05, 4.69) is 15.6 Å². The summed E-state index contributed by atoms with van der Waals surface area (Å²) in [6.07, 6.45) is 3.08. The number of nitrogens with zero attached hydrogens (tertiary/aromatic N) is 3. The molecule has 0 aliphatic carbocycles. The second-order valence-electron chi connectivity index (χ2n) is 3.91. The van der Waals surface area contributed by atoms with Crippen LogP contribution in [0.3, 0.4) is 0 Å². The minimum atomic E-state index is -0.709. The molecule has 0 aliphatic rings. The number of aliphatic hydroxyl groups is 1. The van der Waals surface area contributed by atoms with E-state index in [9.17, 15) is 5.11 Å². The first-order valence-corrected chi connectivity index (χ1v) is 4.76. The normalized spacial score (nSPS) is 15.4. The van der Waals surface area contributed by atoms with Crippen molar-refractivity contribution in [1.82, 2.24) is 20.3 Å². The summed E-state index contributed by atoms with van der Waals surface area (Å²) in [4.78, 5) is 0. The summed E-state index contributed by atoms with van der Waals surface area (Å²) < 4.78 is 1.64. The fourth-order valence-electron chi connectivity index (χ4n) is 1.35. The second-order valence-corrected chi connectivity index (χ2v) is 3.91. The zero-order valence-electron chi connectivity index (χ0n) is 8.99. The molecule has 2 N–H and O–H groups in total. The van der Waals surface area contributed by atoms with Gasteiger partial charge in [-0.05, 0) is 26.9 Å². The highest BCUT2D eigenvalue weighted by Crippen LogP contribution is 2.14. The van der Waals surface area contributed by atoms with Crippen LogP contribution in [0.1, 0.15) is 19.0 Å². The summed E-state index contributed by atoms with van der Waals surface area (Å²) in [5.41, 5.74) is 0.118. The van der Waals surface area contributed by atoms with Crippen molar-refractivity contribution in [2.24, 2.45) is 7.05 Å². The molecule has 0 bridgehead atoms. The quantitative estimate of drug-likeness (QED) is 0.683. The number of rotatable bonds is 5. The monoisotopic (exact) mass is 198 g/mol. The largest absolute Gasteiger partial charge is 0.390 e. The fourth-order valence-corrected chi connectivity index (χ4v) is 1.35. The van der Waals surface area contributed by atoms with Crippen molar-refractivity contribution < 1.29 is 5.11 Å². The SMILES string of the molecule is CNCCC(C)(O)Cc1cn(C)nn1. The van der Waals surface area contributed by atoms with Crippen molar-refractivity contribution in [1.29, 1.82) is 0 Å². The molecule has 0 amide bonds. The molecular formula is C9H18N4O. The maximum absolute atomic E-state index is 9.99. The van der Waals surface area contributed by atoms with E-state index in [-0.39, 0.29) is 0 Å². The van der Waals surface area contributed by atoms with Crippen LogP contribution in [0, 0.1) is 0 Å². The van der Waals surface area contributed by atoms with E-state index >= 15 is 0 Å². The number of hydrogen-bond acceptors (Lipinski definition) is 4. The van der Waals surface area contributed by atoms with Gasteiger partial charge in [0, 0.05) is 19.7 Å². The van der Waals surface area contributed by atoms with Gasteiger partial charge in [0.25, 0.3) is 0 Å². The number of aromatic nitrogens is 3. The Labute approximate surface area is 84.1 Å². The molecule has 0 saturated carbocycles. The van der Waals surface area contributed by atoms with Crippen molar-refractivity contribution in [3.05, 3.63) is 11.9 Å². The summed E-state index contributed by atoms with van der Waals surface area (Å²) in [5.74, 6) is 0. The number of hydrogen-bond donors (Lipinski definition) is 2. The average Bonchev–Trinajstić information content (AvgIpc) is 2.47. The Balaban J connectivity index is 2.49. The van der Waals surface area contributed by atoms with Gasteiger partial charge in [0.15, 0.2) is 0 Å². The van der Waals surface area contributed by atoms with Crippen LogP contribution in [-0.4, -0.2) is 39.3 Å². The summed E-state index contributed by atoms with van der Waals surface area (Å²) >= 11 is 0. The zero-order chi connectivity index (χ0) is 10.6. The summed E-state index contributed by atoms with van der Waals surface area (Å²) in [6.45, 7) is 2.62. The number of nitrogens with one attached hydrogen (secondary N) is 1. The van der Waals surface area contributed by atoms with Crippen LogP contribution in [0.4, 0.5) is 0 Å². The Bertz CT molecular complexity index is 282. The van der Waals surface area contributed by atoms with E-state index in [4.69, 9.17) is 0 Å². The van der Waals surface area contributed by atoms with Gasteiger partial charge in [-0.15, -0.1) is 5.10 Å². The Morgan fingerprint density at radius 3 is 2.86 bits per heavy atom. The van der Waals surface area contributed by atoms with Crippen LogP contribution in [0.5, 0.6) is 0 Å². The molecule has 1 heterocycles. The Kier molecular flexibility index (Phi) is 3.60. The van der Waals surface area contributed by atoms with Gasteiger partial charge in [0.2, 0.25) is 0 Å². The Hall–Kier alpha value is -0.940. The molecule has 80 valence electrons. The van der Waals surface area contributed by atoms with Gasteiger partial charge in [-0.3, -0.25) is 4.68 Å². The van der Waals surface area contributed by atoms with E-state index in [1.807, 2.05) is 27.2 Å². The fraction of sp³-hybridized carbons (Fsp3) is 0.778. The van der Waals surface area contributed by atoms with E-state index in [0.29, 0.717) is 12.8 Å². The molecule has 1 atom stereocenters. The van der Waals surface area contributed by atoms with Crippen molar-refractivity contribution in [2.45, 2.75) is 25.4 Å². The molecule has 0 spiro atoms. The first-order chi connectivity index (χ1) is 6.53.